The predicted molar refractivity (Wildman–Crippen MR) is 86.1 cm³/mol. The molecule has 4 rings (SSSR count). The summed E-state index contributed by atoms with van der Waals surface area (Å²) >= 11 is 1.95. The SMILES string of the molecule is CN1CC2C=C(c3cc4ccccc4s3)CC2C1.Cl. The second-order valence-electron chi connectivity index (χ2n) is 5.69. The molecule has 19 heavy (non-hydrogen) atoms. The van der Waals surface area contributed by atoms with E-state index in [-0.39, 0.29) is 12.4 Å². The number of likely N-dealkylation sites (tertiary alicyclic amines) is 1. The van der Waals surface area contributed by atoms with Crippen molar-refractivity contribution in [3.05, 3.63) is 41.3 Å². The van der Waals surface area contributed by atoms with Gasteiger partial charge in [0.15, 0.2) is 0 Å². The van der Waals surface area contributed by atoms with Crippen LogP contribution >= 0.6 is 23.7 Å². The average Bonchev–Trinajstić information content (AvgIpc) is 2.98. The highest BCUT2D eigenvalue weighted by Gasteiger charge is 2.35. The van der Waals surface area contributed by atoms with Crippen molar-refractivity contribution >= 4 is 39.4 Å². The van der Waals surface area contributed by atoms with Crippen molar-refractivity contribution in [3.63, 3.8) is 0 Å². The Kier molecular flexibility index (Phi) is 3.42. The van der Waals surface area contributed by atoms with E-state index in [2.05, 4.69) is 48.4 Å². The van der Waals surface area contributed by atoms with Crippen LogP contribution < -0.4 is 0 Å². The van der Waals surface area contributed by atoms with Crippen molar-refractivity contribution in [1.29, 1.82) is 0 Å². The molecule has 1 aliphatic heterocycles. The zero-order valence-corrected chi connectivity index (χ0v) is 12.6. The zero-order chi connectivity index (χ0) is 12.1. The minimum absolute atomic E-state index is 0. The van der Waals surface area contributed by atoms with E-state index in [9.17, 15) is 0 Å². The first-order chi connectivity index (χ1) is 8.79. The molecule has 2 aliphatic rings. The van der Waals surface area contributed by atoms with Crippen LogP contribution in [0.5, 0.6) is 0 Å². The number of allylic oxidation sites excluding steroid dienone is 1. The molecule has 2 aromatic rings. The van der Waals surface area contributed by atoms with Crippen molar-refractivity contribution in [3.8, 4) is 0 Å². The highest BCUT2D eigenvalue weighted by Crippen LogP contribution is 2.43. The van der Waals surface area contributed by atoms with Gasteiger partial charge in [-0.1, -0.05) is 24.3 Å². The standard InChI is InChI=1S/C16H17NS.ClH/c1-17-9-13-6-12(7-14(13)10-17)16-8-11-4-2-3-5-15(11)18-16;/h2-6,8,13-14H,7,9-10H2,1H3;1H. The minimum Gasteiger partial charge on any atom is -0.305 e. The minimum atomic E-state index is 0. The summed E-state index contributed by atoms with van der Waals surface area (Å²) in [6.45, 7) is 2.52. The van der Waals surface area contributed by atoms with Crippen LogP contribution in [-0.4, -0.2) is 25.0 Å². The number of nitrogens with zero attached hydrogens (tertiary/aromatic N) is 1. The molecule has 0 N–H and O–H groups in total. The molecule has 3 heteroatoms. The van der Waals surface area contributed by atoms with Crippen molar-refractivity contribution < 1.29 is 0 Å². The van der Waals surface area contributed by atoms with E-state index in [0.717, 1.165) is 11.8 Å². The molecule has 100 valence electrons. The Bertz CT molecular complexity index is 597. The molecule has 1 aliphatic carbocycles. The fourth-order valence-corrected chi connectivity index (χ4v) is 4.55. The van der Waals surface area contributed by atoms with E-state index in [1.165, 1.54) is 34.5 Å². The molecule has 0 bridgehead atoms. The number of hydrogen-bond donors (Lipinski definition) is 0. The van der Waals surface area contributed by atoms with E-state index in [0.29, 0.717) is 0 Å². The first-order valence-electron chi connectivity index (χ1n) is 6.68. The number of thiophene rings is 1. The quantitative estimate of drug-likeness (QED) is 0.758. The van der Waals surface area contributed by atoms with E-state index in [1.54, 1.807) is 5.57 Å². The van der Waals surface area contributed by atoms with Gasteiger partial charge in [-0.05, 0) is 48.4 Å². The van der Waals surface area contributed by atoms with Crippen LogP contribution in [0.15, 0.2) is 36.4 Å². The van der Waals surface area contributed by atoms with Crippen LogP contribution in [0.4, 0.5) is 0 Å². The maximum absolute atomic E-state index is 2.54. The second kappa shape index (κ2) is 4.93. The highest BCUT2D eigenvalue weighted by atomic mass is 35.5. The van der Waals surface area contributed by atoms with Gasteiger partial charge >= 0.3 is 0 Å². The van der Waals surface area contributed by atoms with Crippen LogP contribution in [0.25, 0.3) is 15.7 Å². The topological polar surface area (TPSA) is 3.24 Å². The van der Waals surface area contributed by atoms with E-state index in [1.807, 2.05) is 11.3 Å². The summed E-state index contributed by atoms with van der Waals surface area (Å²) in [7, 11) is 2.24. The monoisotopic (exact) mass is 291 g/mol. The third-order valence-corrected chi connectivity index (χ3v) is 5.51. The average molecular weight is 292 g/mol. The van der Waals surface area contributed by atoms with Crippen LogP contribution in [0, 0.1) is 11.8 Å². The lowest BCUT2D eigenvalue weighted by atomic mass is 10.00. The molecule has 2 atom stereocenters. The first kappa shape index (κ1) is 13.2. The van der Waals surface area contributed by atoms with Gasteiger partial charge in [0.25, 0.3) is 0 Å². The number of benzene rings is 1. The van der Waals surface area contributed by atoms with Gasteiger partial charge in [0.05, 0.1) is 0 Å². The lowest BCUT2D eigenvalue weighted by molar-refractivity contribution is 0.395. The summed E-state index contributed by atoms with van der Waals surface area (Å²) in [6.07, 6.45) is 3.82. The fraction of sp³-hybridized carbons (Fsp3) is 0.375. The van der Waals surface area contributed by atoms with Gasteiger partial charge in [-0.3, -0.25) is 0 Å². The van der Waals surface area contributed by atoms with Gasteiger partial charge in [0.2, 0.25) is 0 Å². The van der Waals surface area contributed by atoms with Crippen LogP contribution in [0.3, 0.4) is 0 Å². The smallest absolute Gasteiger partial charge is 0.0349 e. The molecule has 0 amide bonds. The third-order valence-electron chi connectivity index (χ3n) is 4.31. The van der Waals surface area contributed by atoms with Gasteiger partial charge < -0.3 is 4.90 Å². The Labute approximate surface area is 124 Å². The summed E-state index contributed by atoms with van der Waals surface area (Å²) in [4.78, 5) is 3.96. The normalized spacial score (nSPS) is 26.3. The summed E-state index contributed by atoms with van der Waals surface area (Å²) in [6, 6.07) is 11.1. The lowest BCUT2D eigenvalue weighted by Gasteiger charge is -2.08. The number of fused-ring (bicyclic) bond motifs is 2. The number of halogens is 1. The molecular formula is C16H18ClNS. The maximum atomic E-state index is 2.54. The van der Waals surface area contributed by atoms with Crippen molar-refractivity contribution in [2.24, 2.45) is 11.8 Å². The molecule has 0 radical (unpaired) electrons. The largest absolute Gasteiger partial charge is 0.305 e. The summed E-state index contributed by atoms with van der Waals surface area (Å²) in [5, 5.41) is 1.40. The Morgan fingerprint density at radius 1 is 1.21 bits per heavy atom. The Morgan fingerprint density at radius 2 is 2.05 bits per heavy atom. The predicted octanol–water partition coefficient (Wildman–Crippen LogP) is 4.29. The summed E-state index contributed by atoms with van der Waals surface area (Å²) < 4.78 is 1.42. The van der Waals surface area contributed by atoms with Crippen LogP contribution in [0.1, 0.15) is 11.3 Å². The van der Waals surface area contributed by atoms with Crippen LogP contribution in [0.2, 0.25) is 0 Å². The Balaban J connectivity index is 0.00000110. The van der Waals surface area contributed by atoms with Gasteiger partial charge in [0, 0.05) is 22.7 Å². The molecule has 1 nitrogen and oxygen atoms in total. The third kappa shape index (κ3) is 2.22. The molecule has 0 saturated carbocycles. The van der Waals surface area contributed by atoms with Gasteiger partial charge in [-0.15, -0.1) is 23.7 Å². The van der Waals surface area contributed by atoms with Gasteiger partial charge in [-0.25, -0.2) is 0 Å². The molecular weight excluding hydrogens is 274 g/mol. The van der Waals surface area contributed by atoms with E-state index in [4.69, 9.17) is 0 Å². The molecule has 2 unspecified atom stereocenters. The van der Waals surface area contributed by atoms with E-state index < -0.39 is 0 Å². The van der Waals surface area contributed by atoms with Gasteiger partial charge in [-0.2, -0.15) is 0 Å². The molecule has 1 fully saturated rings. The molecule has 0 spiro atoms. The number of rotatable bonds is 1. The molecule has 2 heterocycles. The lowest BCUT2D eigenvalue weighted by Crippen LogP contribution is -2.14. The fourth-order valence-electron chi connectivity index (χ4n) is 3.46. The maximum Gasteiger partial charge on any atom is 0.0349 e. The zero-order valence-electron chi connectivity index (χ0n) is 11.0. The molecule has 1 aromatic carbocycles. The summed E-state index contributed by atoms with van der Waals surface area (Å²) in [5.74, 6) is 1.67. The molecule has 1 saturated heterocycles. The van der Waals surface area contributed by atoms with Crippen molar-refractivity contribution in [1.82, 2.24) is 4.90 Å². The first-order valence-corrected chi connectivity index (χ1v) is 7.49. The van der Waals surface area contributed by atoms with Gasteiger partial charge in [0.1, 0.15) is 0 Å². The van der Waals surface area contributed by atoms with Crippen molar-refractivity contribution in [2.45, 2.75) is 6.42 Å². The Hall–Kier alpha value is -0.830. The van der Waals surface area contributed by atoms with Crippen molar-refractivity contribution in [2.75, 3.05) is 20.1 Å². The molecule has 1 aromatic heterocycles. The van der Waals surface area contributed by atoms with E-state index >= 15 is 0 Å². The second-order valence-corrected chi connectivity index (χ2v) is 6.77. The number of hydrogen-bond acceptors (Lipinski definition) is 2. The Morgan fingerprint density at radius 3 is 2.84 bits per heavy atom. The summed E-state index contributed by atoms with van der Waals surface area (Å²) in [5.41, 5.74) is 1.60. The highest BCUT2D eigenvalue weighted by molar-refractivity contribution is 7.20. The van der Waals surface area contributed by atoms with Crippen LogP contribution in [-0.2, 0) is 0 Å².